The van der Waals surface area contributed by atoms with Gasteiger partial charge >= 0.3 is 0 Å². The number of hydrogen-bond acceptors (Lipinski definition) is 2. The van der Waals surface area contributed by atoms with Gasteiger partial charge in [-0.3, -0.25) is 0 Å². The smallest absolute Gasteiger partial charge is 0.0227 e. The molecule has 0 aliphatic heterocycles. The Kier molecular flexibility index (Phi) is 6.68. The zero-order chi connectivity index (χ0) is 11.0. The second-order valence-electron chi connectivity index (χ2n) is 3.72. The van der Waals surface area contributed by atoms with E-state index in [0.717, 1.165) is 6.54 Å². The van der Waals surface area contributed by atoms with Crippen LogP contribution in [0.3, 0.4) is 0 Å². The Morgan fingerprint density at radius 3 is 1.93 bits per heavy atom. The van der Waals surface area contributed by atoms with Gasteiger partial charge in [0.2, 0.25) is 0 Å². The fourth-order valence-corrected chi connectivity index (χ4v) is 0.949. The van der Waals surface area contributed by atoms with Crippen LogP contribution in [0, 0.1) is 5.41 Å². The van der Waals surface area contributed by atoms with Crippen LogP contribution in [-0.2, 0) is 6.54 Å². The second kappa shape index (κ2) is 7.27. The van der Waals surface area contributed by atoms with Gasteiger partial charge in [-0.2, -0.15) is 0 Å². The van der Waals surface area contributed by atoms with E-state index in [-0.39, 0.29) is 0 Å². The van der Waals surface area contributed by atoms with Crippen molar-refractivity contribution in [1.29, 1.82) is 5.41 Å². The van der Waals surface area contributed by atoms with E-state index < -0.39 is 0 Å². The monoisotopic (exact) mass is 192 g/mol. The molecule has 0 saturated heterocycles. The lowest BCUT2D eigenvalue weighted by Crippen LogP contribution is -2.10. The standard InChI is InChI=1S/C9H13N.C3H7N/c1-10(2)8-9-6-4-3-5-7-9;1-3(2)4/h3-7H,8H2,1-2H3;4H,1-2H3. The average Bonchev–Trinajstić information content (AvgIpc) is 2.03. The second-order valence-corrected chi connectivity index (χ2v) is 3.72. The van der Waals surface area contributed by atoms with E-state index in [9.17, 15) is 0 Å². The molecule has 0 unspecified atom stereocenters. The molecule has 1 rings (SSSR count). The number of nitrogens with one attached hydrogen (secondary N) is 1. The molecule has 0 heterocycles. The Hall–Kier alpha value is -1.15. The van der Waals surface area contributed by atoms with Crippen molar-refractivity contribution >= 4 is 5.71 Å². The van der Waals surface area contributed by atoms with Crippen LogP contribution in [0.5, 0.6) is 0 Å². The van der Waals surface area contributed by atoms with E-state index in [2.05, 4.69) is 43.3 Å². The van der Waals surface area contributed by atoms with E-state index in [4.69, 9.17) is 5.41 Å². The van der Waals surface area contributed by atoms with Crippen LogP contribution in [0.15, 0.2) is 30.3 Å². The van der Waals surface area contributed by atoms with Gasteiger partial charge in [0.15, 0.2) is 0 Å². The molecule has 0 amide bonds. The third-order valence-corrected chi connectivity index (χ3v) is 1.34. The van der Waals surface area contributed by atoms with Crippen molar-refractivity contribution in [2.45, 2.75) is 20.4 Å². The van der Waals surface area contributed by atoms with Crippen LogP contribution in [0.2, 0.25) is 0 Å². The van der Waals surface area contributed by atoms with Gasteiger partial charge in [0.1, 0.15) is 0 Å². The molecule has 0 radical (unpaired) electrons. The summed E-state index contributed by atoms with van der Waals surface area (Å²) in [4.78, 5) is 2.16. The Balaban J connectivity index is 0.000000364. The summed E-state index contributed by atoms with van der Waals surface area (Å²) in [5.74, 6) is 0. The lowest BCUT2D eigenvalue weighted by atomic mass is 10.2. The molecule has 1 N–H and O–H groups in total. The van der Waals surface area contributed by atoms with Crippen LogP contribution in [0.4, 0.5) is 0 Å². The minimum Gasteiger partial charge on any atom is -0.310 e. The Morgan fingerprint density at radius 1 is 1.14 bits per heavy atom. The number of hydrogen-bond donors (Lipinski definition) is 1. The van der Waals surface area contributed by atoms with Gasteiger partial charge in [-0.1, -0.05) is 30.3 Å². The van der Waals surface area contributed by atoms with Gasteiger partial charge in [0.25, 0.3) is 0 Å². The van der Waals surface area contributed by atoms with E-state index in [1.807, 2.05) is 6.07 Å². The molecular formula is C12H20N2. The van der Waals surface area contributed by atoms with Gasteiger partial charge in [-0.15, -0.1) is 0 Å². The van der Waals surface area contributed by atoms with E-state index in [0.29, 0.717) is 5.71 Å². The summed E-state index contributed by atoms with van der Waals surface area (Å²) in [6, 6.07) is 10.5. The van der Waals surface area contributed by atoms with Crippen LogP contribution < -0.4 is 0 Å². The molecular weight excluding hydrogens is 172 g/mol. The Morgan fingerprint density at radius 2 is 1.57 bits per heavy atom. The maximum absolute atomic E-state index is 6.50. The maximum Gasteiger partial charge on any atom is 0.0227 e. The predicted octanol–water partition coefficient (Wildman–Crippen LogP) is 2.79. The van der Waals surface area contributed by atoms with Crippen LogP contribution in [0.25, 0.3) is 0 Å². The molecule has 1 aromatic carbocycles. The molecule has 1 aromatic rings. The summed E-state index contributed by atoms with van der Waals surface area (Å²) in [7, 11) is 4.15. The highest BCUT2D eigenvalue weighted by atomic mass is 15.0. The summed E-state index contributed by atoms with van der Waals surface area (Å²) < 4.78 is 0. The van der Waals surface area contributed by atoms with Crippen molar-refractivity contribution in [3.63, 3.8) is 0 Å². The fraction of sp³-hybridized carbons (Fsp3) is 0.417. The summed E-state index contributed by atoms with van der Waals surface area (Å²) >= 11 is 0. The van der Waals surface area contributed by atoms with Gasteiger partial charge in [0.05, 0.1) is 0 Å². The molecule has 0 spiro atoms. The zero-order valence-electron chi connectivity index (χ0n) is 9.54. The maximum atomic E-state index is 6.50. The van der Waals surface area contributed by atoms with Crippen molar-refractivity contribution in [3.8, 4) is 0 Å². The predicted molar refractivity (Wildman–Crippen MR) is 62.9 cm³/mol. The first kappa shape index (κ1) is 12.8. The van der Waals surface area contributed by atoms with Crippen LogP contribution >= 0.6 is 0 Å². The lowest BCUT2D eigenvalue weighted by molar-refractivity contribution is 0.402. The van der Waals surface area contributed by atoms with Gasteiger partial charge in [-0.05, 0) is 33.5 Å². The topological polar surface area (TPSA) is 27.1 Å². The summed E-state index contributed by atoms with van der Waals surface area (Å²) in [6.45, 7) is 4.53. The van der Waals surface area contributed by atoms with Gasteiger partial charge in [-0.25, -0.2) is 0 Å². The van der Waals surface area contributed by atoms with E-state index >= 15 is 0 Å². The van der Waals surface area contributed by atoms with Crippen molar-refractivity contribution in [1.82, 2.24) is 4.90 Å². The van der Waals surface area contributed by atoms with Crippen LogP contribution in [-0.4, -0.2) is 24.7 Å². The van der Waals surface area contributed by atoms with Gasteiger partial charge in [0, 0.05) is 12.3 Å². The molecule has 0 aliphatic carbocycles. The number of rotatable bonds is 2. The zero-order valence-corrected chi connectivity index (χ0v) is 9.54. The highest BCUT2D eigenvalue weighted by molar-refractivity contribution is 5.75. The van der Waals surface area contributed by atoms with Crippen molar-refractivity contribution in [3.05, 3.63) is 35.9 Å². The first-order valence-electron chi connectivity index (χ1n) is 4.72. The molecule has 0 fully saturated rings. The minimum absolute atomic E-state index is 0.667. The third kappa shape index (κ3) is 8.94. The highest BCUT2D eigenvalue weighted by Crippen LogP contribution is 1.99. The first-order chi connectivity index (χ1) is 6.52. The molecule has 0 aromatic heterocycles. The van der Waals surface area contributed by atoms with Crippen molar-refractivity contribution in [2.24, 2.45) is 0 Å². The molecule has 2 nitrogen and oxygen atoms in total. The molecule has 0 saturated carbocycles. The number of benzene rings is 1. The molecule has 14 heavy (non-hydrogen) atoms. The molecule has 0 atom stereocenters. The Labute approximate surface area is 87.1 Å². The SMILES string of the molecule is CC(C)=N.CN(C)Cc1ccccc1. The van der Waals surface area contributed by atoms with Crippen molar-refractivity contribution < 1.29 is 0 Å². The normalized spacial score (nSPS) is 9.21. The largest absolute Gasteiger partial charge is 0.310 e. The third-order valence-electron chi connectivity index (χ3n) is 1.34. The summed E-state index contributed by atoms with van der Waals surface area (Å²) in [5, 5.41) is 6.50. The fourth-order valence-electron chi connectivity index (χ4n) is 0.949. The number of nitrogens with zero attached hydrogens (tertiary/aromatic N) is 1. The Bertz CT molecular complexity index is 248. The van der Waals surface area contributed by atoms with Crippen LogP contribution in [0.1, 0.15) is 19.4 Å². The molecule has 2 heteroatoms. The summed E-state index contributed by atoms with van der Waals surface area (Å²) in [5.41, 5.74) is 2.03. The van der Waals surface area contributed by atoms with Crippen molar-refractivity contribution in [2.75, 3.05) is 14.1 Å². The molecule has 78 valence electrons. The van der Waals surface area contributed by atoms with Gasteiger partial charge < -0.3 is 10.3 Å². The quantitative estimate of drug-likeness (QED) is 0.717. The molecule has 0 bridgehead atoms. The average molecular weight is 192 g/mol. The minimum atomic E-state index is 0.667. The summed E-state index contributed by atoms with van der Waals surface area (Å²) in [6.07, 6.45) is 0. The van der Waals surface area contributed by atoms with E-state index in [1.54, 1.807) is 13.8 Å². The first-order valence-corrected chi connectivity index (χ1v) is 4.72. The molecule has 0 aliphatic rings. The lowest BCUT2D eigenvalue weighted by Gasteiger charge is -2.08. The van der Waals surface area contributed by atoms with E-state index in [1.165, 1.54) is 5.56 Å². The highest BCUT2D eigenvalue weighted by Gasteiger charge is 1.90.